The maximum absolute atomic E-state index is 12.4. The summed E-state index contributed by atoms with van der Waals surface area (Å²) in [7, 11) is -3.96. The third-order valence-corrected chi connectivity index (χ3v) is 4.99. The monoisotopic (exact) mass is 344 g/mol. The van der Waals surface area contributed by atoms with E-state index in [1.165, 1.54) is 24.3 Å². The summed E-state index contributed by atoms with van der Waals surface area (Å²) in [4.78, 5) is 11.6. The smallest absolute Gasteiger partial charge is 0.339 e. The van der Waals surface area contributed by atoms with Crippen LogP contribution in [0.25, 0.3) is 11.0 Å². The van der Waals surface area contributed by atoms with Gasteiger partial charge in [0.25, 0.3) is 0 Å². The Balaban J connectivity index is 2.07. The van der Waals surface area contributed by atoms with Gasteiger partial charge in [0, 0.05) is 17.5 Å². The second-order valence-corrected chi connectivity index (χ2v) is 7.26. The molecule has 0 spiro atoms. The first-order valence-electron chi connectivity index (χ1n) is 7.32. The average molecular weight is 344 g/mol. The lowest BCUT2D eigenvalue weighted by atomic mass is 10.1. The molecule has 0 fully saturated rings. The van der Waals surface area contributed by atoms with Gasteiger partial charge in [-0.3, -0.25) is 0 Å². The summed E-state index contributed by atoms with van der Waals surface area (Å²) in [6.07, 6.45) is 0. The van der Waals surface area contributed by atoms with Gasteiger partial charge >= 0.3 is 15.7 Å². The van der Waals surface area contributed by atoms with Gasteiger partial charge in [-0.05, 0) is 50.1 Å². The molecule has 0 N–H and O–H groups in total. The van der Waals surface area contributed by atoms with Crippen LogP contribution >= 0.6 is 0 Å². The molecule has 0 unspecified atom stereocenters. The molecule has 3 aromatic rings. The van der Waals surface area contributed by atoms with Gasteiger partial charge in [0.05, 0.1) is 0 Å². The van der Waals surface area contributed by atoms with Crippen molar-refractivity contribution in [2.24, 2.45) is 0 Å². The highest BCUT2D eigenvalue weighted by atomic mass is 32.2. The molecule has 0 aliphatic heterocycles. The van der Waals surface area contributed by atoms with Crippen molar-refractivity contribution in [2.45, 2.75) is 25.7 Å². The molecule has 0 bridgehead atoms. The molecule has 1 heterocycles. The first kappa shape index (κ1) is 16.3. The van der Waals surface area contributed by atoms with Gasteiger partial charge in [0.15, 0.2) is 0 Å². The highest BCUT2D eigenvalue weighted by molar-refractivity contribution is 7.87. The van der Waals surface area contributed by atoms with Crippen LogP contribution in [-0.4, -0.2) is 8.42 Å². The van der Waals surface area contributed by atoms with E-state index < -0.39 is 15.7 Å². The van der Waals surface area contributed by atoms with E-state index >= 15 is 0 Å². The fourth-order valence-corrected chi connectivity index (χ4v) is 3.54. The first-order chi connectivity index (χ1) is 11.3. The van der Waals surface area contributed by atoms with E-state index in [4.69, 9.17) is 8.60 Å². The molecule has 0 amide bonds. The molecule has 0 aliphatic rings. The van der Waals surface area contributed by atoms with Crippen molar-refractivity contribution >= 4 is 21.1 Å². The molecule has 2 aromatic carbocycles. The van der Waals surface area contributed by atoms with Crippen LogP contribution in [0.2, 0.25) is 0 Å². The molecule has 0 saturated carbocycles. The predicted molar refractivity (Wildman–Crippen MR) is 91.0 cm³/mol. The Morgan fingerprint density at radius 3 is 2.21 bits per heavy atom. The fourth-order valence-electron chi connectivity index (χ4n) is 2.62. The first-order valence-corrected chi connectivity index (χ1v) is 8.73. The standard InChI is InChI=1S/C18H16O5S/c1-11-4-6-15(7-5-11)24(20,21)23-14-8-12(2)18-13(3)9-17(19)22-16(18)10-14/h4-10H,1-3H3. The minimum atomic E-state index is -3.96. The number of rotatable bonds is 3. The number of aryl methyl sites for hydroxylation is 3. The highest BCUT2D eigenvalue weighted by Gasteiger charge is 2.18. The van der Waals surface area contributed by atoms with Crippen molar-refractivity contribution < 1.29 is 17.0 Å². The lowest BCUT2D eigenvalue weighted by Crippen LogP contribution is -2.10. The SMILES string of the molecule is Cc1ccc(S(=O)(=O)Oc2cc(C)c3c(C)cc(=O)oc3c2)cc1. The van der Waals surface area contributed by atoms with Crippen LogP contribution in [0.1, 0.15) is 16.7 Å². The Morgan fingerprint density at radius 1 is 0.917 bits per heavy atom. The van der Waals surface area contributed by atoms with Crippen molar-refractivity contribution in [3.05, 3.63) is 69.6 Å². The average Bonchev–Trinajstić information content (AvgIpc) is 2.45. The topological polar surface area (TPSA) is 73.6 Å². The van der Waals surface area contributed by atoms with E-state index in [2.05, 4.69) is 0 Å². The van der Waals surface area contributed by atoms with Crippen molar-refractivity contribution in [3.8, 4) is 5.75 Å². The van der Waals surface area contributed by atoms with Gasteiger partial charge in [-0.1, -0.05) is 17.7 Å². The van der Waals surface area contributed by atoms with Gasteiger partial charge < -0.3 is 8.60 Å². The summed E-state index contributed by atoms with van der Waals surface area (Å²) in [6, 6.07) is 10.8. The summed E-state index contributed by atoms with van der Waals surface area (Å²) in [5.74, 6) is 0.106. The zero-order chi connectivity index (χ0) is 17.5. The van der Waals surface area contributed by atoms with E-state index in [1.807, 2.05) is 6.92 Å². The van der Waals surface area contributed by atoms with Crippen LogP contribution in [0, 0.1) is 20.8 Å². The molecule has 124 valence electrons. The molecule has 0 saturated heterocycles. The number of benzene rings is 2. The normalized spacial score (nSPS) is 11.6. The maximum atomic E-state index is 12.4. The lowest BCUT2D eigenvalue weighted by Gasteiger charge is -2.10. The van der Waals surface area contributed by atoms with Crippen LogP contribution in [-0.2, 0) is 10.1 Å². The molecule has 24 heavy (non-hydrogen) atoms. The van der Waals surface area contributed by atoms with Gasteiger partial charge in [0.2, 0.25) is 0 Å². The summed E-state index contributed by atoms with van der Waals surface area (Å²) in [5.41, 5.74) is 2.30. The zero-order valence-corrected chi connectivity index (χ0v) is 14.3. The molecule has 3 rings (SSSR count). The largest absolute Gasteiger partial charge is 0.423 e. The molecule has 6 heteroatoms. The Morgan fingerprint density at radius 2 is 1.54 bits per heavy atom. The molecular weight excluding hydrogens is 328 g/mol. The molecule has 0 aliphatic carbocycles. The van der Waals surface area contributed by atoms with Crippen molar-refractivity contribution in [1.29, 1.82) is 0 Å². The van der Waals surface area contributed by atoms with Gasteiger partial charge in [-0.2, -0.15) is 8.42 Å². The van der Waals surface area contributed by atoms with Gasteiger partial charge in [-0.15, -0.1) is 0 Å². The Hall–Kier alpha value is -2.60. The van der Waals surface area contributed by atoms with Gasteiger partial charge in [0.1, 0.15) is 16.2 Å². The quantitative estimate of drug-likeness (QED) is 0.537. The van der Waals surface area contributed by atoms with E-state index in [0.29, 0.717) is 5.58 Å². The van der Waals surface area contributed by atoms with Crippen molar-refractivity contribution in [2.75, 3.05) is 0 Å². The predicted octanol–water partition coefficient (Wildman–Crippen LogP) is 3.49. The van der Waals surface area contributed by atoms with Crippen molar-refractivity contribution in [1.82, 2.24) is 0 Å². The second kappa shape index (κ2) is 5.79. The number of fused-ring (bicyclic) bond motifs is 1. The van der Waals surface area contributed by atoms with Crippen LogP contribution in [0.3, 0.4) is 0 Å². The summed E-state index contributed by atoms with van der Waals surface area (Å²) >= 11 is 0. The second-order valence-electron chi connectivity index (χ2n) is 5.71. The summed E-state index contributed by atoms with van der Waals surface area (Å²) < 4.78 is 35.1. The van der Waals surface area contributed by atoms with Crippen LogP contribution in [0.15, 0.2) is 56.6 Å². The highest BCUT2D eigenvalue weighted by Crippen LogP contribution is 2.28. The van der Waals surface area contributed by atoms with E-state index in [9.17, 15) is 13.2 Å². The maximum Gasteiger partial charge on any atom is 0.339 e. The third-order valence-electron chi connectivity index (χ3n) is 3.73. The van der Waals surface area contributed by atoms with Crippen LogP contribution < -0.4 is 9.81 Å². The molecule has 0 radical (unpaired) electrons. The lowest BCUT2D eigenvalue weighted by molar-refractivity contribution is 0.485. The van der Waals surface area contributed by atoms with Crippen molar-refractivity contribution in [3.63, 3.8) is 0 Å². The Bertz CT molecular complexity index is 1080. The van der Waals surface area contributed by atoms with E-state index in [-0.39, 0.29) is 10.6 Å². The zero-order valence-electron chi connectivity index (χ0n) is 13.5. The minimum absolute atomic E-state index is 0.0662. The Labute approximate surface area is 139 Å². The van der Waals surface area contributed by atoms with Gasteiger partial charge in [-0.25, -0.2) is 4.79 Å². The van der Waals surface area contributed by atoms with Crippen LogP contribution in [0.4, 0.5) is 0 Å². The van der Waals surface area contributed by atoms with E-state index in [1.54, 1.807) is 32.0 Å². The van der Waals surface area contributed by atoms with E-state index in [0.717, 1.165) is 22.1 Å². The summed E-state index contributed by atoms with van der Waals surface area (Å²) in [5, 5.41) is 0.773. The molecule has 1 aromatic heterocycles. The number of hydrogen-bond donors (Lipinski definition) is 0. The summed E-state index contributed by atoms with van der Waals surface area (Å²) in [6.45, 7) is 5.48. The molecule has 0 atom stereocenters. The van der Waals surface area contributed by atoms with Crippen LogP contribution in [0.5, 0.6) is 5.75 Å². The Kier molecular flexibility index (Phi) is 3.93. The molecular formula is C18H16O5S. The third kappa shape index (κ3) is 3.05. The molecule has 5 nitrogen and oxygen atoms in total. The number of hydrogen-bond acceptors (Lipinski definition) is 5. The minimum Gasteiger partial charge on any atom is -0.423 e. The fraction of sp³-hybridized carbons (Fsp3) is 0.167.